The van der Waals surface area contributed by atoms with Crippen molar-refractivity contribution in [3.05, 3.63) is 71.6 Å². The van der Waals surface area contributed by atoms with E-state index in [0.29, 0.717) is 22.1 Å². The van der Waals surface area contributed by atoms with E-state index in [1.165, 1.54) is 13.3 Å². The highest BCUT2D eigenvalue weighted by atomic mass is 35.5. The first-order valence-corrected chi connectivity index (χ1v) is 8.32. The molecule has 1 N–H and O–H groups in total. The van der Waals surface area contributed by atoms with E-state index >= 15 is 0 Å². The molecule has 0 saturated carbocycles. The van der Waals surface area contributed by atoms with Crippen LogP contribution in [0.4, 0.5) is 11.5 Å². The maximum Gasteiger partial charge on any atom is 0.168 e. The quantitative estimate of drug-likeness (QED) is 0.543. The minimum Gasteiger partial charge on any atom is -0.339 e. The molecule has 0 spiro atoms. The summed E-state index contributed by atoms with van der Waals surface area (Å²) in [6, 6.07) is 14.6. The summed E-state index contributed by atoms with van der Waals surface area (Å²) in [5.41, 5.74) is 2.94. The highest BCUT2D eigenvalue weighted by Gasteiger charge is 2.12. The largest absolute Gasteiger partial charge is 0.339 e. The molecule has 0 saturated heterocycles. The first kappa shape index (κ1) is 16.2. The first-order chi connectivity index (χ1) is 12.6. The summed E-state index contributed by atoms with van der Waals surface area (Å²) >= 11 is 5.95. The Morgan fingerprint density at radius 3 is 2.69 bits per heavy atom. The highest BCUT2D eigenvalue weighted by Crippen LogP contribution is 2.25. The minimum atomic E-state index is 0.0112. The molecule has 0 radical (unpaired) electrons. The lowest BCUT2D eigenvalue weighted by Gasteiger charge is -2.08. The second kappa shape index (κ2) is 6.57. The molecular formula is C19H14ClN5O. The molecule has 4 rings (SSSR count). The number of anilines is 2. The topological polar surface area (TPSA) is 72.7 Å². The Balaban J connectivity index is 1.74. The van der Waals surface area contributed by atoms with Gasteiger partial charge in [-0.2, -0.15) is 5.10 Å². The smallest absolute Gasteiger partial charge is 0.168 e. The number of nitrogens with zero attached hydrogens (tertiary/aromatic N) is 4. The third kappa shape index (κ3) is 3.02. The Bertz CT molecular complexity index is 1100. The normalized spacial score (nSPS) is 10.8. The van der Waals surface area contributed by atoms with E-state index in [0.717, 1.165) is 16.8 Å². The molecule has 26 heavy (non-hydrogen) atoms. The van der Waals surface area contributed by atoms with Crippen molar-refractivity contribution in [1.29, 1.82) is 0 Å². The number of aromatic nitrogens is 4. The van der Waals surface area contributed by atoms with Crippen LogP contribution >= 0.6 is 11.6 Å². The van der Waals surface area contributed by atoms with Crippen molar-refractivity contribution in [2.45, 2.75) is 6.92 Å². The van der Waals surface area contributed by atoms with Crippen molar-refractivity contribution in [2.75, 3.05) is 5.32 Å². The summed E-state index contributed by atoms with van der Waals surface area (Å²) in [4.78, 5) is 20.2. The summed E-state index contributed by atoms with van der Waals surface area (Å²) in [6.45, 7) is 1.54. The van der Waals surface area contributed by atoms with Gasteiger partial charge < -0.3 is 5.32 Å². The van der Waals surface area contributed by atoms with Gasteiger partial charge in [-0.25, -0.2) is 14.6 Å². The summed E-state index contributed by atoms with van der Waals surface area (Å²) in [5, 5.41) is 9.09. The van der Waals surface area contributed by atoms with Crippen LogP contribution in [0.3, 0.4) is 0 Å². The molecule has 2 aromatic carbocycles. The molecule has 0 aliphatic carbocycles. The molecule has 0 amide bonds. The van der Waals surface area contributed by atoms with Crippen LogP contribution in [0.2, 0.25) is 5.02 Å². The van der Waals surface area contributed by atoms with Crippen LogP contribution in [0.5, 0.6) is 0 Å². The zero-order valence-corrected chi connectivity index (χ0v) is 14.6. The Hall–Kier alpha value is -3.25. The molecular weight excluding hydrogens is 350 g/mol. The molecule has 2 heterocycles. The predicted octanol–water partition coefficient (Wildman–Crippen LogP) is 4.42. The molecule has 0 aliphatic heterocycles. The zero-order chi connectivity index (χ0) is 18.1. The van der Waals surface area contributed by atoms with Crippen LogP contribution in [0.1, 0.15) is 17.3 Å². The molecule has 0 unspecified atom stereocenters. The van der Waals surface area contributed by atoms with Gasteiger partial charge in [-0.05, 0) is 43.3 Å². The van der Waals surface area contributed by atoms with Gasteiger partial charge in [-0.3, -0.25) is 4.79 Å². The average Bonchev–Trinajstić information content (AvgIpc) is 3.08. The number of benzene rings is 2. The fraction of sp³-hybridized carbons (Fsp3) is 0.0526. The van der Waals surface area contributed by atoms with E-state index in [1.807, 2.05) is 24.3 Å². The second-order valence-corrected chi connectivity index (χ2v) is 6.19. The molecule has 0 fully saturated rings. The lowest BCUT2D eigenvalue weighted by molar-refractivity contribution is 0.101. The standard InChI is InChI=1S/C19H14ClN5O/c1-12(26)13-3-2-4-15(9-13)24-18-17-10-23-25(19(17)22-11-21-18)16-7-5-14(20)6-8-16/h2-11H,1H3,(H,21,22,24). The SMILES string of the molecule is CC(=O)c1cccc(Nc2ncnc3c2cnn3-c2ccc(Cl)cc2)c1. The monoisotopic (exact) mass is 363 g/mol. The van der Waals surface area contributed by atoms with Crippen molar-refractivity contribution in [2.24, 2.45) is 0 Å². The van der Waals surface area contributed by atoms with Crippen LogP contribution in [0.15, 0.2) is 61.1 Å². The summed E-state index contributed by atoms with van der Waals surface area (Å²) in [6.07, 6.45) is 3.19. The van der Waals surface area contributed by atoms with Crippen LogP contribution in [0.25, 0.3) is 16.7 Å². The third-order valence-corrected chi connectivity index (χ3v) is 4.22. The molecule has 0 bridgehead atoms. The molecule has 0 atom stereocenters. The number of halogens is 1. The summed E-state index contributed by atoms with van der Waals surface area (Å²) in [5.74, 6) is 0.632. The number of ketones is 1. The third-order valence-electron chi connectivity index (χ3n) is 3.97. The van der Waals surface area contributed by atoms with E-state index in [2.05, 4.69) is 20.4 Å². The van der Waals surface area contributed by atoms with Gasteiger partial charge in [0, 0.05) is 16.3 Å². The Morgan fingerprint density at radius 2 is 1.92 bits per heavy atom. The van der Waals surface area contributed by atoms with Crippen molar-refractivity contribution in [3.63, 3.8) is 0 Å². The van der Waals surface area contributed by atoms with E-state index in [1.54, 1.807) is 35.1 Å². The molecule has 128 valence electrons. The van der Waals surface area contributed by atoms with Crippen LogP contribution in [-0.4, -0.2) is 25.5 Å². The number of carbonyl (C=O) groups excluding carboxylic acids is 1. The minimum absolute atomic E-state index is 0.0112. The molecule has 7 heteroatoms. The lowest BCUT2D eigenvalue weighted by Crippen LogP contribution is -2.00. The average molecular weight is 364 g/mol. The number of rotatable bonds is 4. The molecule has 4 aromatic rings. The van der Waals surface area contributed by atoms with Crippen molar-refractivity contribution in [1.82, 2.24) is 19.7 Å². The van der Waals surface area contributed by atoms with Crippen molar-refractivity contribution in [3.8, 4) is 5.69 Å². The van der Waals surface area contributed by atoms with Gasteiger partial charge in [0.2, 0.25) is 0 Å². The number of nitrogens with one attached hydrogen (secondary N) is 1. The number of Topliss-reactive ketones (excluding diaryl/α,β-unsaturated/α-hetero) is 1. The van der Waals surface area contributed by atoms with Gasteiger partial charge in [-0.1, -0.05) is 23.7 Å². The number of carbonyl (C=O) groups is 1. The number of hydrogen-bond acceptors (Lipinski definition) is 5. The van der Waals surface area contributed by atoms with Crippen LogP contribution in [0, 0.1) is 0 Å². The van der Waals surface area contributed by atoms with Gasteiger partial charge in [-0.15, -0.1) is 0 Å². The van der Waals surface area contributed by atoms with Crippen LogP contribution in [-0.2, 0) is 0 Å². The Kier molecular flexibility index (Phi) is 4.10. The second-order valence-electron chi connectivity index (χ2n) is 5.75. The van der Waals surface area contributed by atoms with Gasteiger partial charge in [0.15, 0.2) is 11.4 Å². The van der Waals surface area contributed by atoms with E-state index in [9.17, 15) is 4.79 Å². The molecule has 6 nitrogen and oxygen atoms in total. The van der Waals surface area contributed by atoms with Crippen molar-refractivity contribution < 1.29 is 4.79 Å². The molecule has 0 aliphatic rings. The molecule has 2 aromatic heterocycles. The summed E-state index contributed by atoms with van der Waals surface area (Å²) in [7, 11) is 0. The maximum absolute atomic E-state index is 11.6. The fourth-order valence-corrected chi connectivity index (χ4v) is 2.79. The van der Waals surface area contributed by atoms with Crippen molar-refractivity contribution >= 4 is 39.9 Å². The van der Waals surface area contributed by atoms with Gasteiger partial charge in [0.1, 0.15) is 12.1 Å². The van der Waals surface area contributed by atoms with Crippen LogP contribution < -0.4 is 5.32 Å². The fourth-order valence-electron chi connectivity index (χ4n) is 2.67. The summed E-state index contributed by atoms with van der Waals surface area (Å²) < 4.78 is 1.73. The lowest BCUT2D eigenvalue weighted by atomic mass is 10.1. The van der Waals surface area contributed by atoms with E-state index in [4.69, 9.17) is 11.6 Å². The Labute approximate surface area is 154 Å². The zero-order valence-electron chi connectivity index (χ0n) is 13.8. The van der Waals surface area contributed by atoms with Gasteiger partial charge in [0.05, 0.1) is 17.3 Å². The maximum atomic E-state index is 11.6. The first-order valence-electron chi connectivity index (χ1n) is 7.94. The van der Waals surface area contributed by atoms with Gasteiger partial charge >= 0.3 is 0 Å². The van der Waals surface area contributed by atoms with E-state index < -0.39 is 0 Å². The number of fused-ring (bicyclic) bond motifs is 1. The predicted molar refractivity (Wildman–Crippen MR) is 101 cm³/mol. The van der Waals surface area contributed by atoms with E-state index in [-0.39, 0.29) is 5.78 Å². The Morgan fingerprint density at radius 1 is 1.12 bits per heavy atom. The highest BCUT2D eigenvalue weighted by molar-refractivity contribution is 6.30. The van der Waals surface area contributed by atoms with Gasteiger partial charge in [0.25, 0.3) is 0 Å². The number of hydrogen-bond donors (Lipinski definition) is 1.